The second-order valence-corrected chi connectivity index (χ2v) is 8.51. The highest BCUT2D eigenvalue weighted by Crippen LogP contribution is 2.35. The van der Waals surface area contributed by atoms with Crippen LogP contribution in [0.3, 0.4) is 0 Å². The Hall–Kier alpha value is -3.17. The fourth-order valence-corrected chi connectivity index (χ4v) is 4.46. The van der Waals surface area contributed by atoms with E-state index < -0.39 is 23.2 Å². The van der Waals surface area contributed by atoms with E-state index >= 15 is 0 Å². The SMILES string of the molecule is CCNC(=O)N1CCc2cc(N3CC[C@@](O)(C(=O)NCc4cc(F)cc(Cl)c4)C3=O)ccc21. The van der Waals surface area contributed by atoms with Crippen molar-refractivity contribution in [3.63, 3.8) is 0 Å². The zero-order valence-corrected chi connectivity index (χ0v) is 18.8. The van der Waals surface area contributed by atoms with Crippen LogP contribution in [0.4, 0.5) is 20.6 Å². The molecule has 0 saturated carbocycles. The number of rotatable bonds is 5. The molecule has 33 heavy (non-hydrogen) atoms. The lowest BCUT2D eigenvalue weighted by Crippen LogP contribution is -2.52. The predicted octanol–water partition coefficient (Wildman–Crippen LogP) is 2.36. The first-order valence-corrected chi connectivity index (χ1v) is 11.1. The first kappa shape index (κ1) is 23.0. The van der Waals surface area contributed by atoms with E-state index in [2.05, 4.69) is 10.6 Å². The number of halogens is 2. The number of fused-ring (bicyclic) bond motifs is 1. The normalized spacial score (nSPS) is 19.6. The number of benzene rings is 2. The van der Waals surface area contributed by atoms with Gasteiger partial charge >= 0.3 is 6.03 Å². The molecule has 4 amide bonds. The fourth-order valence-electron chi connectivity index (χ4n) is 4.22. The summed E-state index contributed by atoms with van der Waals surface area (Å²) in [6, 6.07) is 8.96. The number of carbonyl (C=O) groups is 3. The molecule has 1 saturated heterocycles. The van der Waals surface area contributed by atoms with Crippen LogP contribution < -0.4 is 20.4 Å². The summed E-state index contributed by atoms with van der Waals surface area (Å²) in [6.07, 6.45) is 0.562. The maximum absolute atomic E-state index is 13.5. The van der Waals surface area contributed by atoms with Crippen molar-refractivity contribution in [2.75, 3.05) is 29.4 Å². The number of amides is 4. The van der Waals surface area contributed by atoms with Crippen molar-refractivity contribution in [1.29, 1.82) is 0 Å². The minimum atomic E-state index is -2.22. The lowest BCUT2D eigenvalue weighted by Gasteiger charge is -2.23. The van der Waals surface area contributed by atoms with Gasteiger partial charge in [0, 0.05) is 49.0 Å². The van der Waals surface area contributed by atoms with Crippen LogP contribution in [0.2, 0.25) is 5.02 Å². The van der Waals surface area contributed by atoms with Crippen molar-refractivity contribution in [2.24, 2.45) is 0 Å². The van der Waals surface area contributed by atoms with Gasteiger partial charge in [0.25, 0.3) is 11.8 Å². The topological polar surface area (TPSA) is 102 Å². The van der Waals surface area contributed by atoms with Crippen LogP contribution in [0.25, 0.3) is 0 Å². The summed E-state index contributed by atoms with van der Waals surface area (Å²) in [5.74, 6) is -2.12. The summed E-state index contributed by atoms with van der Waals surface area (Å²) < 4.78 is 13.5. The van der Waals surface area contributed by atoms with Gasteiger partial charge in [0.2, 0.25) is 5.60 Å². The average molecular weight is 475 g/mol. The maximum Gasteiger partial charge on any atom is 0.321 e. The number of carbonyl (C=O) groups excluding carboxylic acids is 3. The number of urea groups is 1. The van der Waals surface area contributed by atoms with E-state index in [0.29, 0.717) is 30.8 Å². The van der Waals surface area contributed by atoms with Crippen molar-refractivity contribution < 1.29 is 23.9 Å². The summed E-state index contributed by atoms with van der Waals surface area (Å²) in [5.41, 5.74) is 0.433. The van der Waals surface area contributed by atoms with Gasteiger partial charge in [0.15, 0.2) is 0 Å². The van der Waals surface area contributed by atoms with Gasteiger partial charge in [0.05, 0.1) is 0 Å². The molecule has 2 aromatic rings. The van der Waals surface area contributed by atoms with Crippen LogP contribution in [0.5, 0.6) is 0 Å². The molecule has 10 heteroatoms. The number of hydrogen-bond donors (Lipinski definition) is 3. The van der Waals surface area contributed by atoms with Crippen molar-refractivity contribution in [3.8, 4) is 0 Å². The molecule has 2 aliphatic rings. The third-order valence-electron chi connectivity index (χ3n) is 5.89. The molecule has 8 nitrogen and oxygen atoms in total. The summed E-state index contributed by atoms with van der Waals surface area (Å²) in [6.45, 7) is 2.99. The van der Waals surface area contributed by atoms with Crippen LogP contribution in [0, 0.1) is 5.82 Å². The van der Waals surface area contributed by atoms with Crippen LogP contribution in [-0.4, -0.2) is 48.2 Å². The molecule has 2 aliphatic heterocycles. The first-order chi connectivity index (χ1) is 15.7. The van der Waals surface area contributed by atoms with Crippen molar-refractivity contribution in [3.05, 3.63) is 58.4 Å². The van der Waals surface area contributed by atoms with E-state index in [-0.39, 0.29) is 30.6 Å². The Morgan fingerprint density at radius 3 is 2.70 bits per heavy atom. The van der Waals surface area contributed by atoms with Gasteiger partial charge in [-0.1, -0.05) is 11.6 Å². The Labute approximate surface area is 195 Å². The Morgan fingerprint density at radius 2 is 1.97 bits per heavy atom. The Balaban J connectivity index is 1.46. The molecule has 1 fully saturated rings. The molecule has 0 spiro atoms. The van der Waals surface area contributed by atoms with Gasteiger partial charge in [-0.2, -0.15) is 0 Å². The van der Waals surface area contributed by atoms with Gasteiger partial charge in [-0.25, -0.2) is 9.18 Å². The van der Waals surface area contributed by atoms with E-state index in [1.54, 1.807) is 17.0 Å². The monoisotopic (exact) mass is 474 g/mol. The van der Waals surface area contributed by atoms with E-state index in [1.165, 1.54) is 17.0 Å². The van der Waals surface area contributed by atoms with Crippen LogP contribution in [0.1, 0.15) is 24.5 Å². The highest BCUT2D eigenvalue weighted by atomic mass is 35.5. The molecule has 174 valence electrons. The second kappa shape index (κ2) is 8.99. The van der Waals surface area contributed by atoms with Gasteiger partial charge in [0.1, 0.15) is 5.82 Å². The molecule has 0 bridgehead atoms. The molecule has 3 N–H and O–H groups in total. The Bertz CT molecular complexity index is 1110. The zero-order chi connectivity index (χ0) is 23.8. The van der Waals surface area contributed by atoms with Gasteiger partial charge in [-0.05, 0) is 60.9 Å². The summed E-state index contributed by atoms with van der Waals surface area (Å²) >= 11 is 5.82. The number of hydrogen-bond acceptors (Lipinski definition) is 4. The molecule has 0 aromatic heterocycles. The zero-order valence-electron chi connectivity index (χ0n) is 18.0. The molecule has 2 heterocycles. The van der Waals surface area contributed by atoms with Gasteiger partial charge < -0.3 is 20.6 Å². The number of anilines is 2. The molecule has 0 radical (unpaired) electrons. The summed E-state index contributed by atoms with van der Waals surface area (Å²) in [5, 5.41) is 16.3. The third-order valence-corrected chi connectivity index (χ3v) is 6.11. The van der Waals surface area contributed by atoms with Crippen LogP contribution in [0.15, 0.2) is 36.4 Å². The largest absolute Gasteiger partial charge is 0.372 e. The molecular weight excluding hydrogens is 451 g/mol. The van der Waals surface area contributed by atoms with Crippen molar-refractivity contribution in [1.82, 2.24) is 10.6 Å². The van der Waals surface area contributed by atoms with E-state index in [9.17, 15) is 23.9 Å². The minimum Gasteiger partial charge on any atom is -0.372 e. The lowest BCUT2D eigenvalue weighted by atomic mass is 10.0. The number of nitrogens with one attached hydrogen (secondary N) is 2. The van der Waals surface area contributed by atoms with Crippen LogP contribution >= 0.6 is 11.6 Å². The number of nitrogens with zero attached hydrogens (tertiary/aromatic N) is 2. The highest BCUT2D eigenvalue weighted by Gasteiger charge is 2.51. The van der Waals surface area contributed by atoms with Crippen molar-refractivity contribution >= 4 is 40.8 Å². The van der Waals surface area contributed by atoms with Gasteiger partial charge in [-0.15, -0.1) is 0 Å². The second-order valence-electron chi connectivity index (χ2n) is 8.08. The predicted molar refractivity (Wildman–Crippen MR) is 122 cm³/mol. The molecule has 0 aliphatic carbocycles. The van der Waals surface area contributed by atoms with Gasteiger partial charge in [-0.3, -0.25) is 14.5 Å². The lowest BCUT2D eigenvalue weighted by molar-refractivity contribution is -0.149. The molecule has 0 unspecified atom stereocenters. The van der Waals surface area contributed by atoms with E-state index in [0.717, 1.165) is 17.3 Å². The maximum atomic E-state index is 13.5. The Morgan fingerprint density at radius 1 is 1.18 bits per heavy atom. The van der Waals surface area contributed by atoms with E-state index in [4.69, 9.17) is 11.6 Å². The minimum absolute atomic E-state index is 0.0797. The van der Waals surface area contributed by atoms with E-state index in [1.807, 2.05) is 13.0 Å². The Kier molecular flexibility index (Phi) is 6.27. The average Bonchev–Trinajstić information content (AvgIpc) is 3.33. The quantitative estimate of drug-likeness (QED) is 0.579. The highest BCUT2D eigenvalue weighted by molar-refractivity contribution is 6.30. The molecular formula is C23H24ClFN4O4. The van der Waals surface area contributed by atoms with Crippen molar-refractivity contribution in [2.45, 2.75) is 31.9 Å². The standard InChI is InChI=1S/C23H24ClFN4O4/c1-2-26-22(32)29-7-5-15-11-18(3-4-19(15)29)28-8-6-23(33,21(28)31)20(30)27-13-14-9-16(24)12-17(25)10-14/h3-4,9-12,33H,2,5-8,13H2,1H3,(H,26,32)(H,27,30)/t23-/m1/s1. The molecule has 1 atom stereocenters. The molecule has 2 aromatic carbocycles. The molecule has 4 rings (SSSR count). The third kappa shape index (κ3) is 4.38. The fraction of sp³-hybridized carbons (Fsp3) is 0.348. The number of aliphatic hydroxyl groups is 1. The smallest absolute Gasteiger partial charge is 0.321 e. The first-order valence-electron chi connectivity index (χ1n) is 10.7. The van der Waals surface area contributed by atoms with Crippen LogP contribution in [-0.2, 0) is 22.6 Å². The summed E-state index contributed by atoms with van der Waals surface area (Å²) in [4.78, 5) is 40.9. The summed E-state index contributed by atoms with van der Waals surface area (Å²) in [7, 11) is 0.